The van der Waals surface area contributed by atoms with E-state index in [-0.39, 0.29) is 5.56 Å². The number of hydrogen-bond donors (Lipinski definition) is 3. The van der Waals surface area contributed by atoms with Crippen LogP contribution >= 0.6 is 0 Å². The molecule has 5 nitrogen and oxygen atoms in total. The van der Waals surface area contributed by atoms with Crippen molar-refractivity contribution in [3.05, 3.63) is 70.4 Å². The van der Waals surface area contributed by atoms with Crippen molar-refractivity contribution in [1.29, 1.82) is 0 Å². The molecule has 4 rings (SSSR count). The maximum atomic E-state index is 13.6. The van der Waals surface area contributed by atoms with Crippen LogP contribution in [0.25, 0.3) is 10.9 Å². The molecule has 0 fully saturated rings. The Kier molecular flexibility index (Phi) is 5.05. The summed E-state index contributed by atoms with van der Waals surface area (Å²) in [6.07, 6.45) is 4.23. The molecule has 7 heteroatoms. The van der Waals surface area contributed by atoms with Gasteiger partial charge in [-0.05, 0) is 67.1 Å². The van der Waals surface area contributed by atoms with E-state index in [1.54, 1.807) is 6.07 Å². The molecule has 3 aromatic rings. The lowest BCUT2D eigenvalue weighted by Crippen LogP contribution is -2.39. The van der Waals surface area contributed by atoms with Crippen molar-refractivity contribution in [2.45, 2.75) is 31.7 Å². The van der Waals surface area contributed by atoms with Gasteiger partial charge in [-0.3, -0.25) is 9.59 Å². The molecule has 1 heterocycles. The molecule has 0 aliphatic heterocycles. The summed E-state index contributed by atoms with van der Waals surface area (Å²) in [6, 6.07) is 7.35. The van der Waals surface area contributed by atoms with Crippen LogP contribution in [-0.2, 0) is 17.6 Å². The highest BCUT2D eigenvalue weighted by Crippen LogP contribution is 2.30. The standard InChI is InChI=1S/C22H21F2N3O2/c1-25-22(29)20(12-6-8-16(23)17(24)11-12)27-21(28)13-7-9-19-15(10-13)14-4-2-3-5-18(14)26-19/h6-11,20,26H,2-5H2,1H3,(H,25,29)(H,27,28). The highest BCUT2D eigenvalue weighted by Gasteiger charge is 2.24. The van der Waals surface area contributed by atoms with Crippen LogP contribution in [-0.4, -0.2) is 23.8 Å². The van der Waals surface area contributed by atoms with Crippen molar-refractivity contribution in [3.8, 4) is 0 Å². The Hall–Kier alpha value is -3.22. The van der Waals surface area contributed by atoms with Crippen molar-refractivity contribution in [3.63, 3.8) is 0 Å². The lowest BCUT2D eigenvalue weighted by atomic mass is 9.95. The third-order valence-electron chi connectivity index (χ3n) is 5.42. The molecule has 3 N–H and O–H groups in total. The normalized spacial score (nSPS) is 14.3. The van der Waals surface area contributed by atoms with E-state index in [1.807, 2.05) is 12.1 Å². The summed E-state index contributed by atoms with van der Waals surface area (Å²) in [5, 5.41) is 6.09. The number of likely N-dealkylation sites (N-methyl/N-ethyl adjacent to an activating group) is 1. The molecule has 150 valence electrons. The van der Waals surface area contributed by atoms with Crippen LogP contribution in [0.2, 0.25) is 0 Å². The number of benzene rings is 2. The van der Waals surface area contributed by atoms with Gasteiger partial charge in [0.1, 0.15) is 6.04 Å². The van der Waals surface area contributed by atoms with Crippen LogP contribution in [0.3, 0.4) is 0 Å². The maximum absolute atomic E-state index is 13.6. The first-order valence-electron chi connectivity index (χ1n) is 9.59. The second-order valence-corrected chi connectivity index (χ2v) is 7.24. The maximum Gasteiger partial charge on any atom is 0.252 e. The van der Waals surface area contributed by atoms with Crippen LogP contribution in [0, 0.1) is 11.6 Å². The summed E-state index contributed by atoms with van der Waals surface area (Å²) >= 11 is 0. The summed E-state index contributed by atoms with van der Waals surface area (Å²) in [7, 11) is 1.42. The number of aromatic nitrogens is 1. The number of carbonyl (C=O) groups excluding carboxylic acids is 2. The number of aryl methyl sites for hydroxylation is 2. The van der Waals surface area contributed by atoms with E-state index in [0.29, 0.717) is 5.56 Å². The van der Waals surface area contributed by atoms with E-state index < -0.39 is 29.5 Å². The Morgan fingerprint density at radius 1 is 1.03 bits per heavy atom. The fourth-order valence-electron chi connectivity index (χ4n) is 3.90. The summed E-state index contributed by atoms with van der Waals surface area (Å²) in [5.41, 5.74) is 4.01. The van der Waals surface area contributed by atoms with E-state index in [0.717, 1.165) is 48.7 Å². The van der Waals surface area contributed by atoms with Gasteiger partial charge in [0.25, 0.3) is 5.91 Å². The van der Waals surface area contributed by atoms with Crippen LogP contribution in [0.1, 0.15) is 46.1 Å². The molecule has 2 aromatic carbocycles. The average Bonchev–Trinajstić information content (AvgIpc) is 3.11. The number of amides is 2. The van der Waals surface area contributed by atoms with Gasteiger partial charge in [0, 0.05) is 29.2 Å². The molecular weight excluding hydrogens is 376 g/mol. The number of fused-ring (bicyclic) bond motifs is 3. The monoisotopic (exact) mass is 397 g/mol. The van der Waals surface area contributed by atoms with E-state index >= 15 is 0 Å². The summed E-state index contributed by atoms with van der Waals surface area (Å²) in [4.78, 5) is 28.6. The first kappa shape index (κ1) is 19.1. The third kappa shape index (κ3) is 3.60. The predicted molar refractivity (Wildman–Crippen MR) is 106 cm³/mol. The van der Waals surface area contributed by atoms with Gasteiger partial charge in [-0.1, -0.05) is 6.07 Å². The van der Waals surface area contributed by atoms with Crippen molar-refractivity contribution in [2.75, 3.05) is 7.05 Å². The molecule has 1 atom stereocenters. The Morgan fingerprint density at radius 2 is 1.83 bits per heavy atom. The van der Waals surface area contributed by atoms with Gasteiger partial charge in [0.2, 0.25) is 5.91 Å². The molecule has 0 saturated carbocycles. The first-order valence-corrected chi connectivity index (χ1v) is 9.59. The Labute approximate surface area is 166 Å². The smallest absolute Gasteiger partial charge is 0.252 e. The molecule has 0 saturated heterocycles. The van der Waals surface area contributed by atoms with Gasteiger partial charge >= 0.3 is 0 Å². The zero-order valence-electron chi connectivity index (χ0n) is 15.9. The fourth-order valence-corrected chi connectivity index (χ4v) is 3.90. The molecule has 0 spiro atoms. The molecule has 1 aliphatic rings. The Bertz CT molecular complexity index is 1110. The van der Waals surface area contributed by atoms with Gasteiger partial charge in [-0.15, -0.1) is 0 Å². The molecule has 0 bridgehead atoms. The molecule has 1 aliphatic carbocycles. The molecule has 0 radical (unpaired) electrons. The van der Waals surface area contributed by atoms with Crippen molar-refractivity contribution >= 4 is 22.7 Å². The number of rotatable bonds is 4. The van der Waals surface area contributed by atoms with Gasteiger partial charge in [-0.2, -0.15) is 0 Å². The Morgan fingerprint density at radius 3 is 2.59 bits per heavy atom. The number of halogens is 2. The zero-order chi connectivity index (χ0) is 20.5. The van der Waals surface area contributed by atoms with E-state index in [2.05, 4.69) is 15.6 Å². The van der Waals surface area contributed by atoms with Gasteiger partial charge < -0.3 is 15.6 Å². The SMILES string of the molecule is CNC(=O)C(NC(=O)c1ccc2[nH]c3c(c2c1)CCCC3)c1ccc(F)c(F)c1. The lowest BCUT2D eigenvalue weighted by molar-refractivity contribution is -0.122. The lowest BCUT2D eigenvalue weighted by Gasteiger charge is -2.18. The second kappa shape index (κ2) is 7.66. The Balaban J connectivity index is 1.65. The summed E-state index contributed by atoms with van der Waals surface area (Å²) in [5.74, 6) is -3.08. The van der Waals surface area contributed by atoms with Crippen molar-refractivity contribution in [1.82, 2.24) is 15.6 Å². The zero-order valence-corrected chi connectivity index (χ0v) is 15.9. The molecular formula is C22H21F2N3O2. The summed E-state index contributed by atoms with van der Waals surface area (Å²) < 4.78 is 26.9. The van der Waals surface area contributed by atoms with Gasteiger partial charge in [-0.25, -0.2) is 8.78 Å². The number of nitrogens with one attached hydrogen (secondary N) is 3. The molecule has 2 amide bonds. The second-order valence-electron chi connectivity index (χ2n) is 7.24. The average molecular weight is 397 g/mol. The predicted octanol–water partition coefficient (Wildman–Crippen LogP) is 3.54. The van der Waals surface area contributed by atoms with E-state index in [1.165, 1.54) is 24.4 Å². The van der Waals surface area contributed by atoms with Crippen LogP contribution in [0.4, 0.5) is 8.78 Å². The minimum Gasteiger partial charge on any atom is -0.358 e. The molecule has 1 unspecified atom stereocenters. The fraction of sp³-hybridized carbons (Fsp3) is 0.273. The summed E-state index contributed by atoms with van der Waals surface area (Å²) in [6.45, 7) is 0. The number of aromatic amines is 1. The van der Waals surface area contributed by atoms with Crippen molar-refractivity contribution in [2.24, 2.45) is 0 Å². The van der Waals surface area contributed by atoms with Crippen molar-refractivity contribution < 1.29 is 18.4 Å². The van der Waals surface area contributed by atoms with Crippen LogP contribution < -0.4 is 10.6 Å². The first-order chi connectivity index (χ1) is 14.0. The number of carbonyl (C=O) groups is 2. The topological polar surface area (TPSA) is 74.0 Å². The molecule has 1 aromatic heterocycles. The van der Waals surface area contributed by atoms with Crippen LogP contribution in [0.15, 0.2) is 36.4 Å². The van der Waals surface area contributed by atoms with Gasteiger partial charge in [0.15, 0.2) is 11.6 Å². The third-order valence-corrected chi connectivity index (χ3v) is 5.42. The number of hydrogen-bond acceptors (Lipinski definition) is 2. The highest BCUT2D eigenvalue weighted by molar-refractivity contribution is 6.01. The minimum absolute atomic E-state index is 0.164. The van der Waals surface area contributed by atoms with Gasteiger partial charge in [0.05, 0.1) is 0 Å². The minimum atomic E-state index is -1.14. The quantitative estimate of drug-likeness (QED) is 0.630. The van der Waals surface area contributed by atoms with Crippen LogP contribution in [0.5, 0.6) is 0 Å². The molecule has 29 heavy (non-hydrogen) atoms. The largest absolute Gasteiger partial charge is 0.358 e. The highest BCUT2D eigenvalue weighted by atomic mass is 19.2. The van der Waals surface area contributed by atoms with E-state index in [9.17, 15) is 18.4 Å². The number of H-pyrrole nitrogens is 1. The van der Waals surface area contributed by atoms with E-state index in [4.69, 9.17) is 0 Å².